The first-order valence-corrected chi connectivity index (χ1v) is 8.88. The molecule has 1 aliphatic rings. The average Bonchev–Trinajstić information content (AvgIpc) is 2.92. The van der Waals surface area contributed by atoms with Crippen molar-refractivity contribution in [3.63, 3.8) is 0 Å². The number of rotatable bonds is 2. The van der Waals surface area contributed by atoms with Gasteiger partial charge in [-0.05, 0) is 44.7 Å². The lowest BCUT2D eigenvalue weighted by Crippen LogP contribution is -2.28. The summed E-state index contributed by atoms with van der Waals surface area (Å²) in [6, 6.07) is 3.45. The molecule has 0 radical (unpaired) electrons. The summed E-state index contributed by atoms with van der Waals surface area (Å²) < 4.78 is 39.1. The number of halogens is 4. The number of H-pyrrole nitrogens is 1. The van der Waals surface area contributed by atoms with E-state index >= 15 is 0 Å². The van der Waals surface area contributed by atoms with Crippen LogP contribution in [0.15, 0.2) is 16.9 Å². The Bertz CT molecular complexity index is 791. The molecule has 1 fully saturated rings. The zero-order chi connectivity index (χ0) is 17.5. The molecule has 2 heterocycles. The molecule has 1 N–H and O–H groups in total. The summed E-state index contributed by atoms with van der Waals surface area (Å²) in [4.78, 5) is 20.3. The van der Waals surface area contributed by atoms with Crippen molar-refractivity contribution in [2.45, 2.75) is 44.7 Å². The zero-order valence-electron chi connectivity index (χ0n) is 12.9. The Morgan fingerprint density at radius 3 is 2.46 bits per heavy atom. The molecule has 0 atom stereocenters. The molecule has 0 spiro atoms. The Morgan fingerprint density at radius 1 is 1.25 bits per heavy atom. The van der Waals surface area contributed by atoms with E-state index in [0.29, 0.717) is 39.1 Å². The maximum atomic E-state index is 12.9. The third-order valence-corrected chi connectivity index (χ3v) is 5.71. The van der Waals surface area contributed by atoms with Crippen LogP contribution in [0.4, 0.5) is 13.2 Å². The summed E-state index contributed by atoms with van der Waals surface area (Å²) in [6.45, 7) is 1.68. The van der Waals surface area contributed by atoms with Crippen molar-refractivity contribution < 1.29 is 13.2 Å². The molecule has 1 aliphatic carbocycles. The van der Waals surface area contributed by atoms with Gasteiger partial charge in [0.15, 0.2) is 0 Å². The lowest BCUT2D eigenvalue weighted by molar-refractivity contribution is -0.182. The molecule has 0 aromatic carbocycles. The Morgan fingerprint density at radius 2 is 1.92 bits per heavy atom. The fourth-order valence-corrected chi connectivity index (χ4v) is 4.38. The first kappa shape index (κ1) is 17.5. The highest BCUT2D eigenvalue weighted by Gasteiger charge is 2.42. The van der Waals surface area contributed by atoms with Crippen LogP contribution in [0.2, 0.25) is 4.34 Å². The number of hydrogen-bond acceptors (Lipinski definition) is 3. The van der Waals surface area contributed by atoms with Crippen LogP contribution < -0.4 is 5.56 Å². The van der Waals surface area contributed by atoms with Gasteiger partial charge in [0.1, 0.15) is 5.82 Å². The molecule has 0 aliphatic heterocycles. The predicted octanol–water partition coefficient (Wildman–Crippen LogP) is 5.30. The van der Waals surface area contributed by atoms with E-state index in [9.17, 15) is 18.0 Å². The largest absolute Gasteiger partial charge is 0.391 e. The number of alkyl halides is 3. The van der Waals surface area contributed by atoms with Gasteiger partial charge in [0.25, 0.3) is 5.56 Å². The number of aromatic nitrogens is 2. The zero-order valence-corrected chi connectivity index (χ0v) is 14.5. The smallest absolute Gasteiger partial charge is 0.310 e. The molecule has 0 amide bonds. The summed E-state index contributed by atoms with van der Waals surface area (Å²) in [7, 11) is 0. The Kier molecular flexibility index (Phi) is 4.75. The number of nitrogens with one attached hydrogen (secondary N) is 1. The summed E-state index contributed by atoms with van der Waals surface area (Å²) in [6.07, 6.45) is -3.23. The van der Waals surface area contributed by atoms with Crippen molar-refractivity contribution in [3.05, 3.63) is 38.3 Å². The van der Waals surface area contributed by atoms with Crippen LogP contribution in [-0.4, -0.2) is 16.1 Å². The van der Waals surface area contributed by atoms with Crippen molar-refractivity contribution in [2.75, 3.05) is 0 Å². The molecule has 1 saturated carbocycles. The SMILES string of the molecule is Cc1nc(C2CCC(C(F)(F)F)CC2)c(-c2ccc(Cl)s2)c(=O)[nH]1. The van der Waals surface area contributed by atoms with Gasteiger partial charge < -0.3 is 4.98 Å². The average molecular weight is 377 g/mol. The van der Waals surface area contributed by atoms with E-state index in [1.54, 1.807) is 19.1 Å². The van der Waals surface area contributed by atoms with Gasteiger partial charge >= 0.3 is 6.18 Å². The van der Waals surface area contributed by atoms with Crippen molar-refractivity contribution >= 4 is 22.9 Å². The van der Waals surface area contributed by atoms with Gasteiger partial charge in [-0.2, -0.15) is 13.2 Å². The second kappa shape index (κ2) is 6.52. The van der Waals surface area contributed by atoms with Crippen molar-refractivity contribution in [1.82, 2.24) is 9.97 Å². The second-order valence-electron chi connectivity index (χ2n) is 6.11. The normalized spacial score (nSPS) is 21.9. The Hall–Kier alpha value is -1.34. The quantitative estimate of drug-likeness (QED) is 0.773. The monoisotopic (exact) mass is 376 g/mol. The maximum Gasteiger partial charge on any atom is 0.391 e. The van der Waals surface area contributed by atoms with Gasteiger partial charge in [0, 0.05) is 10.8 Å². The van der Waals surface area contributed by atoms with Crippen molar-refractivity contribution in [3.8, 4) is 10.4 Å². The molecule has 2 aromatic rings. The van der Waals surface area contributed by atoms with E-state index in [1.165, 1.54) is 11.3 Å². The van der Waals surface area contributed by atoms with Crippen LogP contribution in [0.1, 0.15) is 43.1 Å². The summed E-state index contributed by atoms with van der Waals surface area (Å²) >= 11 is 7.23. The third kappa shape index (κ3) is 3.52. The molecule has 8 heteroatoms. The van der Waals surface area contributed by atoms with Crippen molar-refractivity contribution in [2.24, 2.45) is 5.92 Å². The molecule has 2 aromatic heterocycles. The van der Waals surface area contributed by atoms with Gasteiger partial charge in [0.2, 0.25) is 0 Å². The van der Waals surface area contributed by atoms with E-state index in [4.69, 9.17) is 11.6 Å². The summed E-state index contributed by atoms with van der Waals surface area (Å²) in [5.41, 5.74) is 0.761. The van der Waals surface area contributed by atoms with Gasteiger partial charge in [-0.25, -0.2) is 4.98 Å². The maximum absolute atomic E-state index is 12.9. The first-order valence-electron chi connectivity index (χ1n) is 7.69. The van der Waals surface area contributed by atoms with E-state index in [2.05, 4.69) is 9.97 Å². The second-order valence-corrected chi connectivity index (χ2v) is 7.82. The van der Waals surface area contributed by atoms with Crippen LogP contribution in [-0.2, 0) is 0 Å². The number of aromatic amines is 1. The molecule has 130 valence electrons. The molecule has 24 heavy (non-hydrogen) atoms. The Balaban J connectivity index is 1.95. The summed E-state index contributed by atoms with van der Waals surface area (Å²) in [5, 5.41) is 0. The highest BCUT2D eigenvalue weighted by atomic mass is 35.5. The minimum Gasteiger partial charge on any atom is -0.310 e. The molecular formula is C16H16ClF3N2OS. The lowest BCUT2D eigenvalue weighted by atomic mass is 9.79. The minimum absolute atomic E-state index is 0.0757. The number of aryl methyl sites for hydroxylation is 1. The van der Waals surface area contributed by atoms with E-state index < -0.39 is 12.1 Å². The highest BCUT2D eigenvalue weighted by Crippen LogP contribution is 2.44. The number of thiophene rings is 1. The number of nitrogens with zero attached hydrogens (tertiary/aromatic N) is 1. The van der Waals surface area contributed by atoms with Crippen LogP contribution >= 0.6 is 22.9 Å². The van der Waals surface area contributed by atoms with Crippen molar-refractivity contribution in [1.29, 1.82) is 0 Å². The minimum atomic E-state index is -4.15. The van der Waals surface area contributed by atoms with Crippen LogP contribution in [0.3, 0.4) is 0 Å². The topological polar surface area (TPSA) is 45.8 Å². The Labute approximate surface area is 145 Å². The molecular weight excluding hydrogens is 361 g/mol. The van der Waals surface area contributed by atoms with E-state index in [0.717, 1.165) is 0 Å². The van der Waals surface area contributed by atoms with Crippen LogP contribution in [0, 0.1) is 12.8 Å². The van der Waals surface area contributed by atoms with Crippen LogP contribution in [0.5, 0.6) is 0 Å². The van der Waals surface area contributed by atoms with Gasteiger partial charge in [-0.15, -0.1) is 11.3 Å². The fraction of sp³-hybridized carbons (Fsp3) is 0.500. The molecule has 0 saturated heterocycles. The fourth-order valence-electron chi connectivity index (χ4n) is 3.28. The van der Waals surface area contributed by atoms with Crippen LogP contribution in [0.25, 0.3) is 10.4 Å². The standard InChI is InChI=1S/C16H16ClF3N2OS/c1-8-21-14(9-2-4-10(5-3-9)16(18,19)20)13(15(23)22-8)11-6-7-12(17)24-11/h6-7,9-10H,2-5H2,1H3,(H,21,22,23). The molecule has 3 rings (SSSR count). The first-order chi connectivity index (χ1) is 11.3. The summed E-state index contributed by atoms with van der Waals surface area (Å²) in [5.74, 6) is -0.920. The van der Waals surface area contributed by atoms with E-state index in [-0.39, 0.29) is 24.3 Å². The van der Waals surface area contributed by atoms with Gasteiger partial charge in [-0.3, -0.25) is 4.79 Å². The van der Waals surface area contributed by atoms with Gasteiger partial charge in [-0.1, -0.05) is 11.6 Å². The molecule has 0 unspecified atom stereocenters. The number of hydrogen-bond donors (Lipinski definition) is 1. The highest BCUT2D eigenvalue weighted by molar-refractivity contribution is 7.19. The lowest BCUT2D eigenvalue weighted by Gasteiger charge is -2.30. The predicted molar refractivity (Wildman–Crippen MR) is 88.7 cm³/mol. The van der Waals surface area contributed by atoms with E-state index in [1.807, 2.05) is 0 Å². The third-order valence-electron chi connectivity index (χ3n) is 4.46. The molecule has 3 nitrogen and oxygen atoms in total. The van der Waals surface area contributed by atoms with Gasteiger partial charge in [0.05, 0.1) is 21.5 Å². The molecule has 0 bridgehead atoms.